The van der Waals surface area contributed by atoms with Gasteiger partial charge in [0.05, 0.1) is 6.54 Å². The summed E-state index contributed by atoms with van der Waals surface area (Å²) in [5.41, 5.74) is 0.453. The first-order chi connectivity index (χ1) is 13.0. The first-order valence-electron chi connectivity index (χ1n) is 8.14. The monoisotopic (exact) mass is 430 g/mol. The maximum absolute atomic E-state index is 12.8. The maximum atomic E-state index is 12.8. The molecule has 2 amide bonds. The second kappa shape index (κ2) is 8.64. The highest BCUT2D eigenvalue weighted by atomic mass is 79.9. The molecule has 0 unspecified atom stereocenters. The van der Waals surface area contributed by atoms with E-state index >= 15 is 0 Å². The summed E-state index contributed by atoms with van der Waals surface area (Å²) in [4.78, 5) is 23.6. The zero-order valence-electron chi connectivity index (χ0n) is 14.2. The van der Waals surface area contributed by atoms with E-state index in [2.05, 4.69) is 26.6 Å². The summed E-state index contributed by atoms with van der Waals surface area (Å²) in [6.07, 6.45) is 0. The largest absolute Gasteiger partial charge is 0.484 e. The molecule has 27 heavy (non-hydrogen) atoms. The molecular formula is C20H16BrFN2O3. The van der Waals surface area contributed by atoms with E-state index in [0.29, 0.717) is 11.4 Å². The van der Waals surface area contributed by atoms with Crippen molar-refractivity contribution in [2.24, 2.45) is 0 Å². The minimum Gasteiger partial charge on any atom is -0.484 e. The molecule has 0 aliphatic rings. The number of nitrogens with one attached hydrogen (secondary N) is 2. The second-order valence-electron chi connectivity index (χ2n) is 5.77. The molecule has 7 heteroatoms. The lowest BCUT2D eigenvalue weighted by atomic mass is 10.1. The Morgan fingerprint density at radius 3 is 2.41 bits per heavy atom. The van der Waals surface area contributed by atoms with E-state index in [1.807, 2.05) is 30.3 Å². The van der Waals surface area contributed by atoms with Gasteiger partial charge in [0.25, 0.3) is 5.91 Å². The van der Waals surface area contributed by atoms with Crippen molar-refractivity contribution in [3.8, 4) is 5.75 Å². The van der Waals surface area contributed by atoms with E-state index in [1.54, 1.807) is 6.07 Å². The summed E-state index contributed by atoms with van der Waals surface area (Å²) in [5.74, 6) is -0.651. The number of anilines is 1. The Hall–Kier alpha value is -2.93. The van der Waals surface area contributed by atoms with Crippen LogP contribution >= 0.6 is 15.9 Å². The van der Waals surface area contributed by atoms with Gasteiger partial charge in [0.1, 0.15) is 11.6 Å². The molecule has 0 saturated carbocycles. The van der Waals surface area contributed by atoms with Gasteiger partial charge >= 0.3 is 0 Å². The van der Waals surface area contributed by atoms with Crippen molar-refractivity contribution >= 4 is 44.2 Å². The summed E-state index contributed by atoms with van der Waals surface area (Å²) in [7, 11) is 0. The first kappa shape index (κ1) is 18.8. The molecule has 2 N–H and O–H groups in total. The van der Waals surface area contributed by atoms with Crippen LogP contribution in [0, 0.1) is 5.82 Å². The van der Waals surface area contributed by atoms with Crippen LogP contribution in [0.25, 0.3) is 10.8 Å². The van der Waals surface area contributed by atoms with Crippen molar-refractivity contribution in [3.05, 3.63) is 71.0 Å². The predicted octanol–water partition coefficient (Wildman–Crippen LogP) is 3.88. The number of ether oxygens (including phenoxy) is 1. The van der Waals surface area contributed by atoms with Crippen LogP contribution in [0.15, 0.2) is 65.1 Å². The van der Waals surface area contributed by atoms with E-state index in [4.69, 9.17) is 4.74 Å². The van der Waals surface area contributed by atoms with Crippen molar-refractivity contribution in [2.45, 2.75) is 0 Å². The van der Waals surface area contributed by atoms with Gasteiger partial charge < -0.3 is 15.4 Å². The molecule has 0 saturated heterocycles. The lowest BCUT2D eigenvalue weighted by Crippen LogP contribution is -2.35. The summed E-state index contributed by atoms with van der Waals surface area (Å²) in [5, 5.41) is 7.08. The highest BCUT2D eigenvalue weighted by Gasteiger charge is 2.07. The first-order valence-corrected chi connectivity index (χ1v) is 8.93. The van der Waals surface area contributed by atoms with E-state index in [1.165, 1.54) is 24.3 Å². The summed E-state index contributed by atoms with van der Waals surface area (Å²) < 4.78 is 19.3. The standard InChI is InChI=1S/C20H16BrFN2O3/c21-15-3-1-14-10-18(8-2-13(14)9-15)27-12-20(26)23-11-19(25)24-17-6-4-16(22)5-7-17/h1-10H,11-12H2,(H,23,26)(H,24,25). The van der Waals surface area contributed by atoms with E-state index in [-0.39, 0.29) is 19.0 Å². The van der Waals surface area contributed by atoms with E-state index < -0.39 is 11.8 Å². The zero-order chi connectivity index (χ0) is 19.2. The van der Waals surface area contributed by atoms with Crippen LogP contribution in [0.2, 0.25) is 0 Å². The predicted molar refractivity (Wildman–Crippen MR) is 105 cm³/mol. The molecule has 3 rings (SSSR count). The van der Waals surface area contributed by atoms with Crippen LogP contribution in [0.3, 0.4) is 0 Å². The fraction of sp³-hybridized carbons (Fsp3) is 0.100. The highest BCUT2D eigenvalue weighted by molar-refractivity contribution is 9.10. The molecule has 3 aromatic rings. The van der Waals surface area contributed by atoms with Crippen LogP contribution in [0.4, 0.5) is 10.1 Å². The highest BCUT2D eigenvalue weighted by Crippen LogP contribution is 2.24. The van der Waals surface area contributed by atoms with Gasteiger partial charge in [0.2, 0.25) is 5.91 Å². The van der Waals surface area contributed by atoms with Crippen molar-refractivity contribution in [3.63, 3.8) is 0 Å². The van der Waals surface area contributed by atoms with E-state index in [9.17, 15) is 14.0 Å². The molecule has 0 atom stereocenters. The number of hydrogen-bond acceptors (Lipinski definition) is 3. The molecule has 0 aromatic heterocycles. The quantitative estimate of drug-likeness (QED) is 0.623. The van der Waals surface area contributed by atoms with Crippen molar-refractivity contribution in [2.75, 3.05) is 18.5 Å². The number of hydrogen-bond donors (Lipinski definition) is 2. The van der Waals surface area contributed by atoms with Gasteiger partial charge in [-0.2, -0.15) is 0 Å². The molecule has 0 bridgehead atoms. The van der Waals surface area contributed by atoms with Crippen LogP contribution in [-0.4, -0.2) is 25.0 Å². The Balaban J connectivity index is 1.46. The Labute approximate surface area is 163 Å². The third-order valence-corrected chi connectivity index (χ3v) is 4.21. The van der Waals surface area contributed by atoms with Gasteiger partial charge in [0.15, 0.2) is 6.61 Å². The van der Waals surface area contributed by atoms with Crippen LogP contribution in [0.5, 0.6) is 5.75 Å². The van der Waals surface area contributed by atoms with E-state index in [0.717, 1.165) is 15.2 Å². The van der Waals surface area contributed by atoms with Gasteiger partial charge in [-0.05, 0) is 59.3 Å². The maximum Gasteiger partial charge on any atom is 0.258 e. The number of amides is 2. The molecule has 0 aliphatic carbocycles. The van der Waals surface area contributed by atoms with Gasteiger partial charge in [-0.25, -0.2) is 4.39 Å². The fourth-order valence-electron chi connectivity index (χ4n) is 2.40. The SMILES string of the molecule is O=C(COc1ccc2cc(Br)ccc2c1)NCC(=O)Nc1ccc(F)cc1. The fourth-order valence-corrected chi connectivity index (χ4v) is 2.78. The summed E-state index contributed by atoms with van der Waals surface area (Å²) >= 11 is 3.42. The number of benzene rings is 3. The Morgan fingerprint density at radius 2 is 1.63 bits per heavy atom. The van der Waals surface area contributed by atoms with Gasteiger partial charge in [0, 0.05) is 10.2 Å². The molecule has 138 valence electrons. The second-order valence-corrected chi connectivity index (χ2v) is 6.69. The number of fused-ring (bicyclic) bond motifs is 1. The minimum atomic E-state index is -0.417. The molecule has 0 heterocycles. The molecule has 0 spiro atoms. The third kappa shape index (κ3) is 5.52. The smallest absolute Gasteiger partial charge is 0.258 e. The van der Waals surface area contributed by atoms with Crippen LogP contribution in [-0.2, 0) is 9.59 Å². The molecule has 3 aromatic carbocycles. The average Bonchev–Trinajstić information content (AvgIpc) is 2.66. The normalized spacial score (nSPS) is 10.4. The van der Waals surface area contributed by atoms with Gasteiger partial charge in [-0.3, -0.25) is 9.59 Å². The summed E-state index contributed by atoms with van der Waals surface area (Å²) in [6.45, 7) is -0.406. The Morgan fingerprint density at radius 1 is 0.926 bits per heavy atom. The third-order valence-electron chi connectivity index (χ3n) is 3.72. The van der Waals surface area contributed by atoms with Crippen molar-refractivity contribution < 1.29 is 18.7 Å². The zero-order valence-corrected chi connectivity index (χ0v) is 15.8. The lowest BCUT2D eigenvalue weighted by Gasteiger charge is -2.09. The van der Waals surface area contributed by atoms with Crippen molar-refractivity contribution in [1.82, 2.24) is 5.32 Å². The topological polar surface area (TPSA) is 67.4 Å². The molecule has 0 fully saturated rings. The number of carbonyl (C=O) groups is 2. The molecule has 5 nitrogen and oxygen atoms in total. The number of rotatable bonds is 6. The van der Waals surface area contributed by atoms with Gasteiger partial charge in [-0.15, -0.1) is 0 Å². The van der Waals surface area contributed by atoms with Crippen LogP contribution in [0.1, 0.15) is 0 Å². The minimum absolute atomic E-state index is 0.203. The van der Waals surface area contributed by atoms with Gasteiger partial charge in [-0.1, -0.05) is 28.1 Å². The number of carbonyl (C=O) groups excluding carboxylic acids is 2. The van der Waals surface area contributed by atoms with Crippen LogP contribution < -0.4 is 15.4 Å². The Bertz CT molecular complexity index is 977. The molecular weight excluding hydrogens is 415 g/mol. The molecule has 0 radical (unpaired) electrons. The number of halogens is 2. The van der Waals surface area contributed by atoms with Crippen molar-refractivity contribution in [1.29, 1.82) is 0 Å². The Kier molecular flexibility index (Phi) is 6.03. The molecule has 0 aliphatic heterocycles. The average molecular weight is 431 g/mol. The lowest BCUT2D eigenvalue weighted by molar-refractivity contribution is -0.125. The summed E-state index contributed by atoms with van der Waals surface area (Å²) in [6, 6.07) is 16.8.